The SMILES string of the molecule is CC(CNC(=O)c1coc(CN)c1)N(C)Cc1ccccc1. The van der Waals surface area contributed by atoms with Crippen LogP contribution in [0.25, 0.3) is 0 Å². The third-order valence-corrected chi connectivity index (χ3v) is 3.70. The van der Waals surface area contributed by atoms with Crippen molar-refractivity contribution in [3.8, 4) is 0 Å². The number of nitrogens with zero attached hydrogens (tertiary/aromatic N) is 1. The number of hydrogen-bond donors (Lipinski definition) is 2. The molecular weight excluding hydrogens is 278 g/mol. The van der Waals surface area contributed by atoms with Crippen molar-refractivity contribution in [1.29, 1.82) is 0 Å². The van der Waals surface area contributed by atoms with E-state index in [1.54, 1.807) is 6.07 Å². The lowest BCUT2D eigenvalue weighted by Crippen LogP contribution is -2.39. The van der Waals surface area contributed by atoms with Gasteiger partial charge in [-0.1, -0.05) is 30.3 Å². The summed E-state index contributed by atoms with van der Waals surface area (Å²) in [5, 5.41) is 2.92. The van der Waals surface area contributed by atoms with Crippen LogP contribution in [0.3, 0.4) is 0 Å². The molecule has 1 heterocycles. The van der Waals surface area contributed by atoms with Crippen LogP contribution in [0.4, 0.5) is 0 Å². The summed E-state index contributed by atoms with van der Waals surface area (Å²) in [4.78, 5) is 14.2. The highest BCUT2D eigenvalue weighted by molar-refractivity contribution is 5.93. The largest absolute Gasteiger partial charge is 0.467 e. The molecule has 0 saturated carbocycles. The van der Waals surface area contributed by atoms with E-state index in [1.807, 2.05) is 25.2 Å². The monoisotopic (exact) mass is 301 g/mol. The summed E-state index contributed by atoms with van der Waals surface area (Å²) in [6.07, 6.45) is 1.44. The van der Waals surface area contributed by atoms with E-state index in [9.17, 15) is 4.79 Å². The van der Waals surface area contributed by atoms with Gasteiger partial charge in [0, 0.05) is 19.1 Å². The van der Waals surface area contributed by atoms with Gasteiger partial charge in [-0.15, -0.1) is 0 Å². The van der Waals surface area contributed by atoms with Gasteiger partial charge in [0.15, 0.2) is 0 Å². The normalized spacial score (nSPS) is 12.4. The quantitative estimate of drug-likeness (QED) is 0.820. The van der Waals surface area contributed by atoms with E-state index < -0.39 is 0 Å². The number of amides is 1. The third-order valence-electron chi connectivity index (χ3n) is 3.70. The smallest absolute Gasteiger partial charge is 0.254 e. The first-order valence-corrected chi connectivity index (χ1v) is 7.40. The van der Waals surface area contributed by atoms with Crippen LogP contribution in [0.1, 0.15) is 28.6 Å². The first-order chi connectivity index (χ1) is 10.6. The van der Waals surface area contributed by atoms with E-state index in [1.165, 1.54) is 11.8 Å². The predicted molar refractivity (Wildman–Crippen MR) is 86.3 cm³/mol. The number of rotatable bonds is 7. The first kappa shape index (κ1) is 16.3. The molecule has 0 aliphatic heterocycles. The molecule has 1 atom stereocenters. The van der Waals surface area contributed by atoms with Crippen molar-refractivity contribution in [2.24, 2.45) is 5.73 Å². The maximum absolute atomic E-state index is 12.0. The average molecular weight is 301 g/mol. The van der Waals surface area contributed by atoms with E-state index >= 15 is 0 Å². The van der Waals surface area contributed by atoms with Crippen molar-refractivity contribution in [3.63, 3.8) is 0 Å². The minimum Gasteiger partial charge on any atom is -0.467 e. The van der Waals surface area contributed by atoms with Crippen LogP contribution in [0.5, 0.6) is 0 Å². The molecule has 2 rings (SSSR count). The third kappa shape index (κ3) is 4.44. The van der Waals surface area contributed by atoms with Crippen LogP contribution >= 0.6 is 0 Å². The molecule has 1 unspecified atom stereocenters. The summed E-state index contributed by atoms with van der Waals surface area (Å²) in [6, 6.07) is 12.2. The van der Waals surface area contributed by atoms with Gasteiger partial charge in [0.2, 0.25) is 0 Å². The number of likely N-dealkylation sites (N-methyl/N-ethyl adjacent to an activating group) is 1. The summed E-state index contributed by atoms with van der Waals surface area (Å²) in [6.45, 7) is 3.81. The standard InChI is InChI=1S/C17H23N3O2/c1-13(20(2)11-14-6-4-3-5-7-14)10-19-17(21)15-8-16(9-18)22-12-15/h3-8,12-13H,9-11,18H2,1-2H3,(H,19,21). The van der Waals surface area contributed by atoms with Crippen molar-refractivity contribution < 1.29 is 9.21 Å². The number of hydrogen-bond acceptors (Lipinski definition) is 4. The van der Waals surface area contributed by atoms with Crippen molar-refractivity contribution in [3.05, 3.63) is 59.5 Å². The van der Waals surface area contributed by atoms with Gasteiger partial charge in [-0.3, -0.25) is 9.69 Å². The van der Waals surface area contributed by atoms with E-state index in [2.05, 4.69) is 29.3 Å². The number of furan rings is 1. The fraction of sp³-hybridized carbons (Fsp3) is 0.353. The number of carbonyl (C=O) groups is 1. The topological polar surface area (TPSA) is 71.5 Å². The van der Waals surface area contributed by atoms with E-state index in [-0.39, 0.29) is 11.9 Å². The fourth-order valence-corrected chi connectivity index (χ4v) is 2.13. The zero-order chi connectivity index (χ0) is 15.9. The number of carbonyl (C=O) groups excluding carboxylic acids is 1. The van der Waals surface area contributed by atoms with E-state index in [0.717, 1.165) is 6.54 Å². The van der Waals surface area contributed by atoms with Gasteiger partial charge in [-0.2, -0.15) is 0 Å². The molecule has 1 aromatic heterocycles. The highest BCUT2D eigenvalue weighted by Crippen LogP contribution is 2.08. The Hall–Kier alpha value is -2.11. The Morgan fingerprint density at radius 3 is 2.73 bits per heavy atom. The molecule has 0 bridgehead atoms. The highest BCUT2D eigenvalue weighted by Gasteiger charge is 2.13. The van der Waals surface area contributed by atoms with Gasteiger partial charge < -0.3 is 15.5 Å². The lowest BCUT2D eigenvalue weighted by molar-refractivity contribution is 0.0939. The van der Waals surface area contributed by atoms with E-state index in [4.69, 9.17) is 10.2 Å². The molecule has 3 N–H and O–H groups in total. The molecule has 0 radical (unpaired) electrons. The van der Waals surface area contributed by atoms with Gasteiger partial charge in [0.05, 0.1) is 12.1 Å². The Morgan fingerprint density at radius 1 is 1.36 bits per heavy atom. The maximum Gasteiger partial charge on any atom is 0.254 e. The lowest BCUT2D eigenvalue weighted by Gasteiger charge is -2.25. The van der Waals surface area contributed by atoms with Crippen molar-refractivity contribution in [1.82, 2.24) is 10.2 Å². The first-order valence-electron chi connectivity index (χ1n) is 7.40. The summed E-state index contributed by atoms with van der Waals surface area (Å²) in [7, 11) is 2.05. The van der Waals surface area contributed by atoms with Crippen LogP contribution < -0.4 is 11.1 Å². The minimum absolute atomic E-state index is 0.136. The second-order valence-corrected chi connectivity index (χ2v) is 5.47. The number of nitrogens with two attached hydrogens (primary N) is 1. The Kier molecular flexibility index (Phi) is 5.75. The Morgan fingerprint density at radius 2 is 2.09 bits per heavy atom. The Bertz CT molecular complexity index is 595. The summed E-state index contributed by atoms with van der Waals surface area (Å²) < 4.78 is 5.17. The summed E-state index contributed by atoms with van der Waals surface area (Å²) >= 11 is 0. The molecule has 118 valence electrons. The van der Waals surface area contributed by atoms with Gasteiger partial charge in [0.1, 0.15) is 12.0 Å². The molecule has 0 aliphatic rings. The van der Waals surface area contributed by atoms with Crippen LogP contribution in [0, 0.1) is 0 Å². The van der Waals surface area contributed by atoms with E-state index in [0.29, 0.717) is 24.4 Å². The fourth-order valence-electron chi connectivity index (χ4n) is 2.13. The zero-order valence-electron chi connectivity index (χ0n) is 13.1. The Balaban J connectivity index is 1.81. The zero-order valence-corrected chi connectivity index (χ0v) is 13.1. The van der Waals surface area contributed by atoms with Gasteiger partial charge in [-0.25, -0.2) is 0 Å². The molecule has 0 saturated heterocycles. The molecule has 1 aromatic carbocycles. The van der Waals surface area contributed by atoms with Gasteiger partial charge in [0.25, 0.3) is 5.91 Å². The molecule has 2 aromatic rings. The molecular formula is C17H23N3O2. The average Bonchev–Trinajstić information content (AvgIpc) is 3.02. The second kappa shape index (κ2) is 7.77. The summed E-state index contributed by atoms with van der Waals surface area (Å²) in [5.74, 6) is 0.475. The van der Waals surface area contributed by atoms with Gasteiger partial charge in [-0.05, 0) is 25.6 Å². The van der Waals surface area contributed by atoms with Crippen LogP contribution in [0.15, 0.2) is 47.1 Å². The molecule has 5 nitrogen and oxygen atoms in total. The number of nitrogens with one attached hydrogen (secondary N) is 1. The second-order valence-electron chi connectivity index (χ2n) is 5.47. The molecule has 22 heavy (non-hydrogen) atoms. The van der Waals surface area contributed by atoms with Crippen LogP contribution in [-0.2, 0) is 13.1 Å². The van der Waals surface area contributed by atoms with Crippen molar-refractivity contribution >= 4 is 5.91 Å². The van der Waals surface area contributed by atoms with Crippen molar-refractivity contribution in [2.45, 2.75) is 26.1 Å². The molecule has 0 fully saturated rings. The number of benzene rings is 1. The van der Waals surface area contributed by atoms with Crippen LogP contribution in [0.2, 0.25) is 0 Å². The minimum atomic E-state index is -0.136. The molecule has 5 heteroatoms. The maximum atomic E-state index is 12.0. The lowest BCUT2D eigenvalue weighted by atomic mass is 10.2. The van der Waals surface area contributed by atoms with Gasteiger partial charge >= 0.3 is 0 Å². The molecule has 1 amide bonds. The predicted octanol–water partition coefficient (Wildman–Crippen LogP) is 1.99. The van der Waals surface area contributed by atoms with Crippen LogP contribution in [-0.4, -0.2) is 30.4 Å². The Labute approximate surface area is 131 Å². The van der Waals surface area contributed by atoms with Crippen molar-refractivity contribution in [2.75, 3.05) is 13.6 Å². The summed E-state index contributed by atoms with van der Waals surface area (Å²) in [5.41, 5.74) is 7.23. The highest BCUT2D eigenvalue weighted by atomic mass is 16.3. The molecule has 0 spiro atoms. The molecule has 0 aliphatic carbocycles.